The number of nitrogens with zero attached hydrogens (tertiary/aromatic N) is 3. The van der Waals surface area contributed by atoms with Crippen molar-refractivity contribution in [2.24, 2.45) is 0 Å². The molecule has 0 spiro atoms. The van der Waals surface area contributed by atoms with Crippen LogP contribution in [0.15, 0.2) is 42.7 Å². The molecule has 1 aliphatic rings. The highest BCUT2D eigenvalue weighted by atomic mass is 16.2. The van der Waals surface area contributed by atoms with Crippen LogP contribution >= 0.6 is 0 Å². The first-order chi connectivity index (χ1) is 10.8. The van der Waals surface area contributed by atoms with Crippen molar-refractivity contribution in [1.82, 2.24) is 15.1 Å². The van der Waals surface area contributed by atoms with Crippen LogP contribution in [0.1, 0.15) is 18.9 Å². The van der Waals surface area contributed by atoms with Crippen molar-refractivity contribution in [3.8, 4) is 0 Å². The molecule has 1 aliphatic heterocycles. The van der Waals surface area contributed by atoms with Gasteiger partial charge in [0.2, 0.25) is 5.91 Å². The van der Waals surface area contributed by atoms with E-state index in [1.807, 2.05) is 40.0 Å². The van der Waals surface area contributed by atoms with Crippen LogP contribution in [0.5, 0.6) is 0 Å². The highest BCUT2D eigenvalue weighted by Crippen LogP contribution is 2.30. The van der Waals surface area contributed by atoms with Crippen LogP contribution < -0.4 is 10.2 Å². The molecule has 5 heteroatoms. The van der Waals surface area contributed by atoms with E-state index >= 15 is 0 Å². The van der Waals surface area contributed by atoms with Crippen LogP contribution in [-0.4, -0.2) is 34.8 Å². The van der Waals surface area contributed by atoms with Gasteiger partial charge < -0.3 is 10.2 Å². The number of para-hydroxylation sites is 1. The Labute approximate surface area is 130 Å². The Hall–Kier alpha value is -2.14. The molecule has 1 amide bonds. The number of hydrogen-bond donors (Lipinski definition) is 1. The van der Waals surface area contributed by atoms with Crippen molar-refractivity contribution in [1.29, 1.82) is 0 Å². The second kappa shape index (κ2) is 6.75. The predicted molar refractivity (Wildman–Crippen MR) is 86.8 cm³/mol. The third-order valence-corrected chi connectivity index (χ3v) is 4.15. The average Bonchev–Trinajstić information content (AvgIpc) is 3.04. The first kappa shape index (κ1) is 14.8. The van der Waals surface area contributed by atoms with E-state index < -0.39 is 0 Å². The zero-order valence-corrected chi connectivity index (χ0v) is 12.9. The molecule has 1 aromatic carbocycles. The Morgan fingerprint density at radius 2 is 2.23 bits per heavy atom. The Balaban J connectivity index is 1.57. The van der Waals surface area contributed by atoms with Crippen LogP contribution in [0.25, 0.3) is 0 Å². The Morgan fingerprint density at radius 1 is 1.36 bits per heavy atom. The zero-order chi connectivity index (χ0) is 15.4. The van der Waals surface area contributed by atoms with E-state index in [0.717, 1.165) is 31.6 Å². The molecule has 0 saturated heterocycles. The van der Waals surface area contributed by atoms with Gasteiger partial charge in [-0.15, -0.1) is 0 Å². The maximum absolute atomic E-state index is 12.6. The fourth-order valence-electron chi connectivity index (χ4n) is 2.98. The van der Waals surface area contributed by atoms with Gasteiger partial charge in [0.05, 0.1) is 13.1 Å². The quantitative estimate of drug-likeness (QED) is 0.857. The maximum Gasteiger partial charge on any atom is 0.241 e. The van der Waals surface area contributed by atoms with Crippen molar-refractivity contribution in [3.05, 3.63) is 48.3 Å². The second-order valence-corrected chi connectivity index (χ2v) is 5.73. The van der Waals surface area contributed by atoms with Crippen molar-refractivity contribution in [2.75, 3.05) is 18.0 Å². The summed E-state index contributed by atoms with van der Waals surface area (Å²) in [5.41, 5.74) is 2.34. The molecule has 0 bridgehead atoms. The third kappa shape index (κ3) is 3.20. The molecule has 0 aliphatic carbocycles. The van der Waals surface area contributed by atoms with E-state index in [0.29, 0.717) is 6.54 Å². The van der Waals surface area contributed by atoms with Gasteiger partial charge in [-0.1, -0.05) is 18.2 Å². The summed E-state index contributed by atoms with van der Waals surface area (Å²) in [5.74, 6) is 0.139. The molecular weight excluding hydrogens is 276 g/mol. The normalized spacial score (nSPS) is 17.3. The monoisotopic (exact) mass is 298 g/mol. The zero-order valence-electron chi connectivity index (χ0n) is 12.9. The molecule has 0 saturated carbocycles. The van der Waals surface area contributed by atoms with Gasteiger partial charge in [-0.2, -0.15) is 5.10 Å². The number of anilines is 1. The van der Waals surface area contributed by atoms with Crippen molar-refractivity contribution < 1.29 is 4.79 Å². The summed E-state index contributed by atoms with van der Waals surface area (Å²) < 4.78 is 1.86. The van der Waals surface area contributed by atoms with Crippen LogP contribution in [0.3, 0.4) is 0 Å². The lowest BCUT2D eigenvalue weighted by Gasteiger charge is -2.35. The summed E-state index contributed by atoms with van der Waals surface area (Å²) in [6, 6.07) is 10.4. The summed E-state index contributed by atoms with van der Waals surface area (Å²) >= 11 is 0. The summed E-state index contributed by atoms with van der Waals surface area (Å²) in [6.07, 6.45) is 5.76. The number of aryl methyl sites for hydroxylation is 1. The molecule has 1 N–H and O–H groups in total. The summed E-state index contributed by atoms with van der Waals surface area (Å²) in [4.78, 5) is 14.5. The van der Waals surface area contributed by atoms with Crippen molar-refractivity contribution >= 4 is 11.6 Å². The largest absolute Gasteiger partial charge is 0.308 e. The molecule has 116 valence electrons. The molecule has 2 aromatic rings. The fraction of sp³-hybridized carbons (Fsp3) is 0.412. The fourth-order valence-corrected chi connectivity index (χ4v) is 2.98. The molecule has 0 fully saturated rings. The Bertz CT molecular complexity index is 623. The molecule has 0 unspecified atom stereocenters. The predicted octanol–water partition coefficient (Wildman–Crippen LogP) is 1.84. The molecule has 3 rings (SSSR count). The number of carbonyl (C=O) groups excluding carboxylic acids is 1. The van der Waals surface area contributed by atoms with Crippen molar-refractivity contribution in [3.63, 3.8) is 0 Å². The number of fused-ring (bicyclic) bond motifs is 1. The number of carbonyl (C=O) groups is 1. The number of nitrogens with one attached hydrogen (secondary N) is 1. The van der Waals surface area contributed by atoms with Gasteiger partial charge in [0, 0.05) is 30.7 Å². The lowest BCUT2D eigenvalue weighted by atomic mass is 9.96. The maximum atomic E-state index is 12.6. The van der Waals surface area contributed by atoms with E-state index in [-0.39, 0.29) is 11.9 Å². The summed E-state index contributed by atoms with van der Waals surface area (Å²) in [7, 11) is 0. The molecule has 0 radical (unpaired) electrons. The lowest BCUT2D eigenvalue weighted by molar-refractivity contribution is -0.118. The average molecular weight is 298 g/mol. The standard InChI is InChI=1S/C17H22N4O/c1-14-7-8-15-5-2-3-6-16(15)21(14)17(22)13-18-10-12-20-11-4-9-19-20/h2-6,9,11,14,18H,7-8,10,12-13H2,1H3/t14-/m0/s1. The Kier molecular flexibility index (Phi) is 4.53. The molecule has 5 nitrogen and oxygen atoms in total. The van der Waals surface area contributed by atoms with E-state index in [9.17, 15) is 4.79 Å². The minimum absolute atomic E-state index is 0.139. The van der Waals surface area contributed by atoms with Gasteiger partial charge >= 0.3 is 0 Å². The van der Waals surface area contributed by atoms with Gasteiger partial charge in [0.15, 0.2) is 0 Å². The highest BCUT2D eigenvalue weighted by Gasteiger charge is 2.27. The van der Waals surface area contributed by atoms with Gasteiger partial charge in [-0.3, -0.25) is 9.48 Å². The first-order valence-corrected chi connectivity index (χ1v) is 7.84. The Morgan fingerprint density at radius 3 is 3.05 bits per heavy atom. The lowest BCUT2D eigenvalue weighted by Crippen LogP contribution is -2.46. The van der Waals surface area contributed by atoms with Crippen LogP contribution in [0.2, 0.25) is 0 Å². The molecule has 22 heavy (non-hydrogen) atoms. The second-order valence-electron chi connectivity index (χ2n) is 5.73. The van der Waals surface area contributed by atoms with Gasteiger partial charge in [0.1, 0.15) is 0 Å². The summed E-state index contributed by atoms with van der Waals surface area (Å²) in [6.45, 7) is 3.99. The van der Waals surface area contributed by atoms with Gasteiger partial charge in [-0.25, -0.2) is 0 Å². The first-order valence-electron chi connectivity index (χ1n) is 7.84. The van der Waals surface area contributed by atoms with E-state index in [4.69, 9.17) is 0 Å². The smallest absolute Gasteiger partial charge is 0.241 e. The van der Waals surface area contributed by atoms with Crippen LogP contribution in [0.4, 0.5) is 5.69 Å². The van der Waals surface area contributed by atoms with E-state index in [1.165, 1.54) is 5.56 Å². The minimum atomic E-state index is 0.139. The van der Waals surface area contributed by atoms with Gasteiger partial charge in [0.25, 0.3) is 0 Å². The number of hydrogen-bond acceptors (Lipinski definition) is 3. The SMILES string of the molecule is C[C@H]1CCc2ccccc2N1C(=O)CNCCn1cccn1. The highest BCUT2D eigenvalue weighted by molar-refractivity contribution is 5.96. The number of rotatable bonds is 5. The molecule has 1 atom stereocenters. The molecule has 2 heterocycles. The number of aromatic nitrogens is 2. The van der Waals surface area contributed by atoms with E-state index in [1.54, 1.807) is 6.20 Å². The minimum Gasteiger partial charge on any atom is -0.308 e. The van der Waals surface area contributed by atoms with E-state index in [2.05, 4.69) is 23.4 Å². The van der Waals surface area contributed by atoms with Gasteiger partial charge in [-0.05, 0) is 37.5 Å². The molecule has 1 aromatic heterocycles. The molecular formula is C17H22N4O. The number of benzene rings is 1. The van der Waals surface area contributed by atoms with Crippen LogP contribution in [0, 0.1) is 0 Å². The summed E-state index contributed by atoms with van der Waals surface area (Å²) in [5, 5.41) is 7.37. The number of amides is 1. The third-order valence-electron chi connectivity index (χ3n) is 4.15. The van der Waals surface area contributed by atoms with Crippen molar-refractivity contribution in [2.45, 2.75) is 32.4 Å². The topological polar surface area (TPSA) is 50.2 Å². The van der Waals surface area contributed by atoms with Crippen LogP contribution in [-0.2, 0) is 17.8 Å².